The van der Waals surface area contributed by atoms with Gasteiger partial charge in [0.05, 0.1) is 23.3 Å². The van der Waals surface area contributed by atoms with Gasteiger partial charge in [0.25, 0.3) is 0 Å². The van der Waals surface area contributed by atoms with Crippen LogP contribution in [-0.4, -0.2) is 7.25 Å². The molecular formula is C26H19BF4O. The Hall–Kier alpha value is -3.67. The summed E-state index contributed by atoms with van der Waals surface area (Å²) in [6, 6.07) is 33.6. The predicted molar refractivity (Wildman–Crippen MR) is 122 cm³/mol. The highest BCUT2D eigenvalue weighted by Crippen LogP contribution is 2.36. The largest absolute Gasteiger partial charge is 0.673 e. The van der Waals surface area contributed by atoms with Gasteiger partial charge < -0.3 is 17.3 Å². The number of fused-ring (bicyclic) bond motifs is 1. The van der Waals surface area contributed by atoms with Gasteiger partial charge in [0.15, 0.2) is 0 Å². The van der Waals surface area contributed by atoms with E-state index < -0.39 is 7.25 Å². The maximum atomic E-state index is 9.75. The lowest BCUT2D eigenvalue weighted by Crippen LogP contribution is -2.02. The first-order valence-corrected chi connectivity index (χ1v) is 10.1. The molecule has 1 aliphatic carbocycles. The molecule has 32 heavy (non-hydrogen) atoms. The molecule has 0 radical (unpaired) electrons. The third-order valence-electron chi connectivity index (χ3n) is 5.04. The van der Waals surface area contributed by atoms with Gasteiger partial charge in [-0.2, -0.15) is 0 Å². The van der Waals surface area contributed by atoms with Gasteiger partial charge in [0, 0.05) is 12.0 Å². The average molecular weight is 434 g/mol. The summed E-state index contributed by atoms with van der Waals surface area (Å²) in [5.41, 5.74) is 7.33. The van der Waals surface area contributed by atoms with E-state index in [9.17, 15) is 17.3 Å². The summed E-state index contributed by atoms with van der Waals surface area (Å²) in [5, 5.41) is 0. The van der Waals surface area contributed by atoms with Crippen LogP contribution in [0.15, 0.2) is 101 Å². The summed E-state index contributed by atoms with van der Waals surface area (Å²) >= 11 is 0. The van der Waals surface area contributed by atoms with Crippen LogP contribution in [0.2, 0.25) is 0 Å². The molecule has 1 nitrogen and oxygen atoms in total. The molecule has 1 aliphatic rings. The minimum absolute atomic E-state index is 0.892. The van der Waals surface area contributed by atoms with E-state index in [1.165, 1.54) is 27.8 Å². The molecule has 0 fully saturated rings. The maximum absolute atomic E-state index is 9.75. The van der Waals surface area contributed by atoms with Gasteiger partial charge >= 0.3 is 18.8 Å². The topological polar surface area (TPSA) is 11.3 Å². The molecular weight excluding hydrogens is 415 g/mol. The standard InChI is InChI=1S/C26H19O.BF4/c1-3-9-19(10-4-1)23-17-25(20-11-5-2-6-12-20)27-26(18-23)24-15-21-13-7-8-14-22(21)16-24;2-1(3,4)5/h1-15,17-18H,16H2;/q+1;-1. The summed E-state index contributed by atoms with van der Waals surface area (Å²) in [5.74, 6) is 1.83. The highest BCUT2D eigenvalue weighted by atomic mass is 19.5. The van der Waals surface area contributed by atoms with Crippen molar-refractivity contribution in [1.82, 2.24) is 0 Å². The number of halogens is 4. The number of benzene rings is 3. The van der Waals surface area contributed by atoms with Crippen LogP contribution in [0, 0.1) is 0 Å². The van der Waals surface area contributed by atoms with Crippen LogP contribution >= 0.6 is 0 Å². The van der Waals surface area contributed by atoms with Crippen molar-refractivity contribution in [1.29, 1.82) is 0 Å². The van der Waals surface area contributed by atoms with Gasteiger partial charge in [-0.05, 0) is 34.9 Å². The Kier molecular flexibility index (Phi) is 6.22. The second kappa shape index (κ2) is 9.22. The summed E-state index contributed by atoms with van der Waals surface area (Å²) in [7, 11) is -6.00. The fraction of sp³-hybridized carbons (Fsp3) is 0.0385. The molecule has 160 valence electrons. The first kappa shape index (κ1) is 21.6. The molecule has 5 rings (SSSR count). The number of hydrogen-bond donors (Lipinski definition) is 0. The minimum Gasteiger partial charge on any atom is -0.418 e. The molecule has 0 atom stereocenters. The van der Waals surface area contributed by atoms with Crippen LogP contribution in [0.3, 0.4) is 0 Å². The second-order valence-electron chi connectivity index (χ2n) is 7.35. The van der Waals surface area contributed by atoms with Crippen molar-refractivity contribution in [3.8, 4) is 22.5 Å². The Balaban J connectivity index is 0.000000444. The molecule has 0 spiro atoms. The summed E-state index contributed by atoms with van der Waals surface area (Å²) in [6.07, 6.45) is 3.16. The Labute approximate surface area is 183 Å². The second-order valence-corrected chi connectivity index (χ2v) is 7.35. The first-order chi connectivity index (χ1) is 15.4. The van der Waals surface area contributed by atoms with E-state index in [1.54, 1.807) is 0 Å². The van der Waals surface area contributed by atoms with Crippen LogP contribution in [0.4, 0.5) is 17.3 Å². The van der Waals surface area contributed by atoms with Crippen LogP contribution in [-0.2, 0) is 6.42 Å². The Morgan fingerprint density at radius 3 is 1.75 bits per heavy atom. The molecule has 0 amide bonds. The third-order valence-corrected chi connectivity index (χ3v) is 5.04. The molecule has 4 aromatic rings. The van der Waals surface area contributed by atoms with Crippen molar-refractivity contribution < 1.29 is 21.7 Å². The zero-order chi connectivity index (χ0) is 22.6. The summed E-state index contributed by atoms with van der Waals surface area (Å²) < 4.78 is 45.4. The number of hydrogen-bond acceptors (Lipinski definition) is 0. The zero-order valence-corrected chi connectivity index (χ0v) is 17.0. The SMILES string of the molecule is C1=C(c2cc(-c3ccccc3)cc(-c3ccccc3)[o+]2)Cc2ccccc21.F[B-](F)(F)F. The van der Waals surface area contributed by atoms with E-state index in [0.717, 1.165) is 23.5 Å². The van der Waals surface area contributed by atoms with Crippen molar-refractivity contribution in [2.45, 2.75) is 6.42 Å². The van der Waals surface area contributed by atoms with E-state index in [1.807, 2.05) is 24.3 Å². The Morgan fingerprint density at radius 1 is 0.594 bits per heavy atom. The van der Waals surface area contributed by atoms with Crippen molar-refractivity contribution >= 4 is 18.9 Å². The minimum atomic E-state index is -6.00. The Morgan fingerprint density at radius 2 is 1.12 bits per heavy atom. The lowest BCUT2D eigenvalue weighted by atomic mass is 10.0. The molecule has 0 unspecified atom stereocenters. The lowest BCUT2D eigenvalue weighted by molar-refractivity contribution is 0.368. The smallest absolute Gasteiger partial charge is 0.418 e. The molecule has 0 saturated carbocycles. The fourth-order valence-corrected chi connectivity index (χ4v) is 3.64. The fourth-order valence-electron chi connectivity index (χ4n) is 3.64. The summed E-state index contributed by atoms with van der Waals surface area (Å²) in [6.45, 7) is 0. The number of rotatable bonds is 3. The van der Waals surface area contributed by atoms with Crippen LogP contribution < -0.4 is 0 Å². The van der Waals surface area contributed by atoms with Gasteiger partial charge in [-0.25, -0.2) is 4.42 Å². The third kappa shape index (κ3) is 5.52. The molecule has 0 bridgehead atoms. The van der Waals surface area contributed by atoms with Gasteiger partial charge in [-0.3, -0.25) is 0 Å². The van der Waals surface area contributed by atoms with E-state index >= 15 is 0 Å². The molecule has 1 heterocycles. The first-order valence-electron chi connectivity index (χ1n) is 10.1. The molecule has 1 aromatic heterocycles. The van der Waals surface area contributed by atoms with Crippen molar-refractivity contribution in [3.05, 3.63) is 114 Å². The molecule has 0 N–H and O–H groups in total. The van der Waals surface area contributed by atoms with E-state index in [4.69, 9.17) is 4.42 Å². The lowest BCUT2D eigenvalue weighted by Gasteiger charge is -2.02. The molecule has 0 saturated heterocycles. The highest BCUT2D eigenvalue weighted by Gasteiger charge is 2.25. The van der Waals surface area contributed by atoms with Gasteiger partial charge in [0.2, 0.25) is 0 Å². The van der Waals surface area contributed by atoms with Gasteiger partial charge in [-0.1, -0.05) is 72.8 Å². The quantitative estimate of drug-likeness (QED) is 0.179. The van der Waals surface area contributed by atoms with Gasteiger partial charge in [0.1, 0.15) is 0 Å². The van der Waals surface area contributed by atoms with E-state index in [-0.39, 0.29) is 0 Å². The van der Waals surface area contributed by atoms with Gasteiger partial charge in [-0.15, -0.1) is 0 Å². The molecule has 0 aliphatic heterocycles. The molecule has 6 heteroatoms. The summed E-state index contributed by atoms with van der Waals surface area (Å²) in [4.78, 5) is 0. The molecule has 3 aromatic carbocycles. The van der Waals surface area contributed by atoms with Crippen molar-refractivity contribution in [3.63, 3.8) is 0 Å². The average Bonchev–Trinajstić information content (AvgIpc) is 3.23. The van der Waals surface area contributed by atoms with Crippen LogP contribution in [0.1, 0.15) is 16.9 Å². The predicted octanol–water partition coefficient (Wildman–Crippen LogP) is 8.29. The monoisotopic (exact) mass is 434 g/mol. The van der Waals surface area contributed by atoms with E-state index in [2.05, 4.69) is 78.9 Å². The van der Waals surface area contributed by atoms with Crippen LogP contribution in [0.5, 0.6) is 0 Å². The van der Waals surface area contributed by atoms with Crippen molar-refractivity contribution in [2.75, 3.05) is 0 Å². The van der Waals surface area contributed by atoms with E-state index in [0.29, 0.717) is 0 Å². The Bertz CT molecular complexity index is 1170. The number of allylic oxidation sites excluding steroid dienone is 1. The normalized spacial score (nSPS) is 12.4. The highest BCUT2D eigenvalue weighted by molar-refractivity contribution is 6.50. The maximum Gasteiger partial charge on any atom is 0.673 e. The zero-order valence-electron chi connectivity index (χ0n) is 17.0. The van der Waals surface area contributed by atoms with Crippen LogP contribution in [0.25, 0.3) is 34.1 Å². The van der Waals surface area contributed by atoms with Crippen molar-refractivity contribution in [2.24, 2.45) is 0 Å².